The quantitative estimate of drug-likeness (QED) is 0.703. The van der Waals surface area contributed by atoms with Gasteiger partial charge in [-0.15, -0.1) is 11.3 Å². The zero-order chi connectivity index (χ0) is 17.4. The number of fused-ring (bicyclic) bond motifs is 3. The summed E-state index contributed by atoms with van der Waals surface area (Å²) in [6.45, 7) is 0.844. The highest BCUT2D eigenvalue weighted by atomic mass is 32.1. The molecule has 0 atom stereocenters. The Morgan fingerprint density at radius 1 is 1.32 bits per heavy atom. The van der Waals surface area contributed by atoms with Crippen molar-refractivity contribution in [3.05, 3.63) is 62.3 Å². The van der Waals surface area contributed by atoms with Gasteiger partial charge in [0.2, 0.25) is 0 Å². The van der Waals surface area contributed by atoms with Gasteiger partial charge in [0, 0.05) is 18.4 Å². The third-order valence-electron chi connectivity index (χ3n) is 4.73. The first kappa shape index (κ1) is 16.4. The lowest BCUT2D eigenvalue weighted by atomic mass is 10.1. The number of rotatable bonds is 5. The summed E-state index contributed by atoms with van der Waals surface area (Å²) >= 11 is 1.61. The molecule has 2 aromatic heterocycles. The van der Waals surface area contributed by atoms with Crippen molar-refractivity contribution in [2.75, 3.05) is 13.7 Å². The molecule has 0 N–H and O–H groups in total. The summed E-state index contributed by atoms with van der Waals surface area (Å²) in [5.74, 6) is 0.323. The number of hydrogen-bond donors (Lipinski definition) is 0. The third-order valence-corrected chi connectivity index (χ3v) is 5.92. The van der Waals surface area contributed by atoms with Crippen molar-refractivity contribution in [2.45, 2.75) is 32.2 Å². The molecule has 0 radical (unpaired) electrons. The molecule has 4 rings (SSSR count). The summed E-state index contributed by atoms with van der Waals surface area (Å²) in [6, 6.07) is 6.64. The first-order valence-corrected chi connectivity index (χ1v) is 9.27. The molecule has 0 aliphatic heterocycles. The van der Waals surface area contributed by atoms with Gasteiger partial charge in [-0.25, -0.2) is 9.37 Å². The van der Waals surface area contributed by atoms with Crippen molar-refractivity contribution < 1.29 is 9.13 Å². The van der Waals surface area contributed by atoms with Gasteiger partial charge in [-0.3, -0.25) is 9.36 Å². The number of benzene rings is 1. The van der Waals surface area contributed by atoms with Gasteiger partial charge in [0.15, 0.2) is 0 Å². The first-order valence-electron chi connectivity index (χ1n) is 8.45. The number of halogens is 1. The second-order valence-electron chi connectivity index (χ2n) is 6.28. The fourth-order valence-electron chi connectivity index (χ4n) is 3.48. The van der Waals surface area contributed by atoms with Crippen LogP contribution < -0.4 is 5.56 Å². The Balaban J connectivity index is 1.87. The van der Waals surface area contributed by atoms with Gasteiger partial charge in [0.1, 0.15) is 16.5 Å². The van der Waals surface area contributed by atoms with Crippen molar-refractivity contribution in [2.24, 2.45) is 0 Å². The molecule has 0 amide bonds. The maximum Gasteiger partial charge on any atom is 0.262 e. The van der Waals surface area contributed by atoms with Crippen molar-refractivity contribution in [1.82, 2.24) is 9.55 Å². The van der Waals surface area contributed by atoms with E-state index in [4.69, 9.17) is 9.72 Å². The van der Waals surface area contributed by atoms with Crippen LogP contribution in [0.2, 0.25) is 0 Å². The zero-order valence-corrected chi connectivity index (χ0v) is 14.9. The van der Waals surface area contributed by atoms with E-state index in [1.54, 1.807) is 41.2 Å². The minimum atomic E-state index is -0.274. The minimum Gasteiger partial charge on any atom is -0.383 e. The Morgan fingerprint density at radius 3 is 2.96 bits per heavy atom. The van der Waals surface area contributed by atoms with E-state index in [-0.39, 0.29) is 11.4 Å². The molecule has 1 aliphatic carbocycles. The number of hydrogen-bond acceptors (Lipinski definition) is 4. The number of ether oxygens (including phenoxy) is 1. The molecule has 130 valence electrons. The molecule has 0 saturated heterocycles. The Hall–Kier alpha value is -2.05. The lowest BCUT2D eigenvalue weighted by molar-refractivity contribution is 0.185. The van der Waals surface area contributed by atoms with E-state index >= 15 is 0 Å². The fourth-order valence-corrected chi connectivity index (χ4v) is 4.75. The van der Waals surface area contributed by atoms with Gasteiger partial charge in [0.05, 0.1) is 18.5 Å². The van der Waals surface area contributed by atoms with Gasteiger partial charge in [-0.2, -0.15) is 0 Å². The highest BCUT2D eigenvalue weighted by molar-refractivity contribution is 7.18. The van der Waals surface area contributed by atoms with E-state index in [0.29, 0.717) is 31.0 Å². The summed E-state index contributed by atoms with van der Waals surface area (Å²) in [5.41, 5.74) is 1.69. The average Bonchev–Trinajstić information content (AvgIpc) is 3.17. The maximum atomic E-state index is 14.1. The van der Waals surface area contributed by atoms with Crippen LogP contribution in [0.25, 0.3) is 10.2 Å². The maximum absolute atomic E-state index is 14.1. The van der Waals surface area contributed by atoms with Crippen LogP contribution in [0.15, 0.2) is 29.1 Å². The largest absolute Gasteiger partial charge is 0.383 e. The van der Waals surface area contributed by atoms with Gasteiger partial charge >= 0.3 is 0 Å². The summed E-state index contributed by atoms with van der Waals surface area (Å²) in [4.78, 5) is 19.9. The molecule has 0 unspecified atom stereocenters. The SMILES string of the molecule is COCCn1c(Cc2ccccc2F)nc2sc3c(c2c1=O)CCC3. The van der Waals surface area contributed by atoms with Crippen LogP contribution in [0.1, 0.15) is 28.2 Å². The molecular formula is C19H19FN2O2S. The lowest BCUT2D eigenvalue weighted by Crippen LogP contribution is -2.27. The Kier molecular flexibility index (Phi) is 4.39. The zero-order valence-electron chi connectivity index (χ0n) is 14.0. The van der Waals surface area contributed by atoms with E-state index in [1.165, 1.54) is 16.5 Å². The summed E-state index contributed by atoms with van der Waals surface area (Å²) in [7, 11) is 1.61. The van der Waals surface area contributed by atoms with E-state index < -0.39 is 0 Å². The lowest BCUT2D eigenvalue weighted by Gasteiger charge is -2.13. The molecule has 0 saturated carbocycles. The Morgan fingerprint density at radius 2 is 2.16 bits per heavy atom. The molecule has 6 heteroatoms. The van der Waals surface area contributed by atoms with Crippen LogP contribution in [0.4, 0.5) is 4.39 Å². The topological polar surface area (TPSA) is 44.1 Å². The van der Waals surface area contributed by atoms with Gasteiger partial charge < -0.3 is 4.74 Å². The standard InChI is InChI=1S/C19H19FN2O2S/c1-24-10-9-22-16(11-12-5-2-3-7-14(12)20)21-18-17(19(22)23)13-6-4-8-15(13)25-18/h2-3,5,7H,4,6,8-11H2,1H3. The number of aryl methyl sites for hydroxylation is 2. The molecule has 3 aromatic rings. The highest BCUT2D eigenvalue weighted by Gasteiger charge is 2.23. The molecular weight excluding hydrogens is 339 g/mol. The van der Waals surface area contributed by atoms with Gasteiger partial charge in [0.25, 0.3) is 5.56 Å². The monoisotopic (exact) mass is 358 g/mol. The van der Waals surface area contributed by atoms with Crippen LogP contribution in [0.5, 0.6) is 0 Å². The van der Waals surface area contributed by atoms with E-state index in [1.807, 2.05) is 0 Å². The average molecular weight is 358 g/mol. The first-order chi connectivity index (χ1) is 12.2. The number of thiophene rings is 1. The van der Waals surface area contributed by atoms with E-state index in [9.17, 15) is 9.18 Å². The minimum absolute atomic E-state index is 0.0206. The second kappa shape index (κ2) is 6.69. The van der Waals surface area contributed by atoms with E-state index in [2.05, 4.69) is 0 Å². The van der Waals surface area contributed by atoms with Crippen molar-refractivity contribution in [1.29, 1.82) is 0 Å². The summed E-state index contributed by atoms with van der Waals surface area (Å²) < 4.78 is 20.9. The molecule has 25 heavy (non-hydrogen) atoms. The smallest absolute Gasteiger partial charge is 0.262 e. The number of aromatic nitrogens is 2. The molecule has 1 aliphatic rings. The molecule has 4 nitrogen and oxygen atoms in total. The fraction of sp³-hybridized carbons (Fsp3) is 0.368. The van der Waals surface area contributed by atoms with Crippen LogP contribution in [0, 0.1) is 5.82 Å². The molecule has 0 fully saturated rings. The van der Waals surface area contributed by atoms with Gasteiger partial charge in [-0.05, 0) is 36.5 Å². The molecule has 1 aromatic carbocycles. The molecule has 2 heterocycles. The number of nitrogens with zero attached hydrogens (tertiary/aromatic N) is 2. The Labute approximate surface area is 148 Å². The predicted molar refractivity (Wildman–Crippen MR) is 97.0 cm³/mol. The van der Waals surface area contributed by atoms with Crippen LogP contribution in [0.3, 0.4) is 0 Å². The Bertz CT molecular complexity index is 993. The number of methoxy groups -OCH3 is 1. The van der Waals surface area contributed by atoms with Crippen LogP contribution in [-0.2, 0) is 30.5 Å². The second-order valence-corrected chi connectivity index (χ2v) is 7.37. The van der Waals surface area contributed by atoms with Crippen LogP contribution in [-0.4, -0.2) is 23.3 Å². The molecule has 0 bridgehead atoms. The third kappa shape index (κ3) is 2.89. The van der Waals surface area contributed by atoms with Crippen molar-refractivity contribution in [3.63, 3.8) is 0 Å². The highest BCUT2D eigenvalue weighted by Crippen LogP contribution is 2.34. The van der Waals surface area contributed by atoms with Crippen molar-refractivity contribution in [3.8, 4) is 0 Å². The summed E-state index contributed by atoms with van der Waals surface area (Å²) in [5, 5.41) is 0.755. The van der Waals surface area contributed by atoms with E-state index in [0.717, 1.165) is 29.5 Å². The van der Waals surface area contributed by atoms with Crippen molar-refractivity contribution >= 4 is 21.6 Å². The van der Waals surface area contributed by atoms with Gasteiger partial charge in [-0.1, -0.05) is 18.2 Å². The normalized spacial score (nSPS) is 13.5. The predicted octanol–water partition coefficient (Wildman–Crippen LogP) is 3.32. The molecule has 0 spiro atoms. The van der Waals surface area contributed by atoms with Crippen LogP contribution >= 0.6 is 11.3 Å². The summed E-state index contributed by atoms with van der Waals surface area (Å²) in [6.07, 6.45) is 3.37.